The lowest BCUT2D eigenvalue weighted by molar-refractivity contribution is -0.384. The Bertz CT molecular complexity index is 598. The van der Waals surface area contributed by atoms with Gasteiger partial charge in [-0.1, -0.05) is 11.3 Å². The lowest BCUT2D eigenvalue weighted by Gasteiger charge is -2.01. The summed E-state index contributed by atoms with van der Waals surface area (Å²) in [5, 5.41) is 20.2. The molecule has 0 aliphatic rings. The summed E-state index contributed by atoms with van der Waals surface area (Å²) in [4.78, 5) is 21.6. The Balaban J connectivity index is 2.10. The van der Waals surface area contributed by atoms with Gasteiger partial charge in [-0.05, 0) is 23.7 Å². The maximum absolute atomic E-state index is 11.7. The van der Waals surface area contributed by atoms with Crippen molar-refractivity contribution in [2.45, 2.75) is 0 Å². The highest BCUT2D eigenvalue weighted by atomic mass is 35.5. The Morgan fingerprint density at radius 3 is 2.50 bits per heavy atom. The van der Waals surface area contributed by atoms with Crippen molar-refractivity contribution in [3.8, 4) is 0 Å². The van der Waals surface area contributed by atoms with Gasteiger partial charge in [-0.3, -0.25) is 14.9 Å². The van der Waals surface area contributed by atoms with E-state index in [-0.39, 0.29) is 15.2 Å². The molecule has 0 fully saturated rings. The smallest absolute Gasteiger partial charge is 0.286 e. The van der Waals surface area contributed by atoms with E-state index in [1.807, 2.05) is 0 Å². The molecule has 1 heterocycles. The molecule has 18 heavy (non-hydrogen) atoms. The Hall–Kier alpha value is -2.06. The Kier molecular flexibility index (Phi) is 3.49. The number of amides is 1. The molecule has 0 spiro atoms. The predicted molar refractivity (Wildman–Crippen MR) is 66.0 cm³/mol. The molecule has 1 aromatic carbocycles. The number of nitrogens with one attached hydrogen (secondary N) is 1. The Morgan fingerprint density at radius 1 is 1.33 bits per heavy atom. The number of nitrogens with zero attached hydrogens (tertiary/aromatic N) is 3. The van der Waals surface area contributed by atoms with Crippen LogP contribution in [0.1, 0.15) is 9.80 Å². The number of carbonyl (C=O) groups excluding carboxylic acids is 1. The highest BCUT2D eigenvalue weighted by Crippen LogP contribution is 2.18. The number of non-ortho nitro benzene ring substituents is 1. The van der Waals surface area contributed by atoms with Crippen molar-refractivity contribution in [1.82, 2.24) is 10.2 Å². The predicted octanol–water partition coefficient (Wildman–Crippen LogP) is 2.35. The topological polar surface area (TPSA) is 98.0 Å². The molecule has 0 radical (unpaired) electrons. The van der Waals surface area contributed by atoms with Crippen LogP contribution in [0, 0.1) is 10.1 Å². The molecule has 0 saturated carbocycles. The van der Waals surface area contributed by atoms with E-state index in [1.165, 1.54) is 24.3 Å². The molecule has 0 unspecified atom stereocenters. The van der Waals surface area contributed by atoms with Gasteiger partial charge in [0.1, 0.15) is 0 Å². The number of nitro benzene ring substituents is 1. The van der Waals surface area contributed by atoms with Gasteiger partial charge in [0.25, 0.3) is 11.6 Å². The summed E-state index contributed by atoms with van der Waals surface area (Å²) in [5.74, 6) is -0.465. The molecule has 0 bridgehead atoms. The summed E-state index contributed by atoms with van der Waals surface area (Å²) in [6, 6.07) is 5.45. The fourth-order valence-electron chi connectivity index (χ4n) is 1.15. The van der Waals surface area contributed by atoms with Crippen LogP contribution < -0.4 is 5.32 Å². The zero-order valence-electron chi connectivity index (χ0n) is 8.66. The van der Waals surface area contributed by atoms with Crippen molar-refractivity contribution < 1.29 is 9.72 Å². The van der Waals surface area contributed by atoms with E-state index in [2.05, 4.69) is 15.5 Å². The molecular formula is C9H5ClN4O3S. The number of nitro groups is 1. The van der Waals surface area contributed by atoms with Crippen LogP contribution in [0.15, 0.2) is 24.3 Å². The van der Waals surface area contributed by atoms with Crippen molar-refractivity contribution in [1.29, 1.82) is 0 Å². The summed E-state index contributed by atoms with van der Waals surface area (Å²) in [6.45, 7) is 0. The lowest BCUT2D eigenvalue weighted by atomic mass is 10.3. The van der Waals surface area contributed by atoms with E-state index in [0.29, 0.717) is 5.69 Å². The lowest BCUT2D eigenvalue weighted by Crippen LogP contribution is -2.11. The van der Waals surface area contributed by atoms with Crippen LogP contribution in [0.25, 0.3) is 0 Å². The van der Waals surface area contributed by atoms with Gasteiger partial charge in [0.2, 0.25) is 9.47 Å². The SMILES string of the molecule is O=C(Nc1ccc([N+](=O)[O-])cc1)c1nnc(Cl)s1. The number of hydrogen-bond donors (Lipinski definition) is 1. The average Bonchev–Trinajstić information content (AvgIpc) is 2.76. The van der Waals surface area contributed by atoms with E-state index in [4.69, 9.17) is 11.6 Å². The third-order valence-corrected chi connectivity index (χ3v) is 2.95. The quantitative estimate of drug-likeness (QED) is 0.689. The molecule has 0 saturated heterocycles. The molecule has 7 nitrogen and oxygen atoms in total. The molecule has 2 aromatic rings. The maximum Gasteiger partial charge on any atom is 0.286 e. The second kappa shape index (κ2) is 5.07. The number of anilines is 1. The highest BCUT2D eigenvalue weighted by Gasteiger charge is 2.12. The zero-order chi connectivity index (χ0) is 13.1. The number of carbonyl (C=O) groups is 1. The number of halogens is 1. The molecule has 0 aliphatic carbocycles. The maximum atomic E-state index is 11.7. The van der Waals surface area contributed by atoms with Crippen LogP contribution in [0.2, 0.25) is 4.47 Å². The van der Waals surface area contributed by atoms with Gasteiger partial charge < -0.3 is 5.32 Å². The monoisotopic (exact) mass is 284 g/mol. The fourth-order valence-corrected chi connectivity index (χ4v) is 1.87. The molecular weight excluding hydrogens is 280 g/mol. The van der Waals surface area contributed by atoms with Crippen molar-refractivity contribution in [2.75, 3.05) is 5.32 Å². The van der Waals surface area contributed by atoms with Gasteiger partial charge in [-0.2, -0.15) is 0 Å². The number of rotatable bonds is 3. The van der Waals surface area contributed by atoms with E-state index in [9.17, 15) is 14.9 Å². The first kappa shape index (κ1) is 12.4. The molecule has 1 N–H and O–H groups in total. The summed E-state index contributed by atoms with van der Waals surface area (Å²) in [6.07, 6.45) is 0. The zero-order valence-corrected chi connectivity index (χ0v) is 10.2. The second-order valence-electron chi connectivity index (χ2n) is 3.12. The average molecular weight is 285 g/mol. The third kappa shape index (κ3) is 2.79. The van der Waals surface area contributed by atoms with Crippen molar-refractivity contribution in [2.24, 2.45) is 0 Å². The minimum atomic E-state index is -0.518. The standard InChI is InChI=1S/C9H5ClN4O3S/c10-9-13-12-8(18-9)7(15)11-5-1-3-6(4-2-5)14(16)17/h1-4H,(H,11,15). The minimum absolute atomic E-state index is 0.0491. The van der Waals surface area contributed by atoms with Gasteiger partial charge >= 0.3 is 0 Å². The molecule has 9 heteroatoms. The van der Waals surface area contributed by atoms with Gasteiger partial charge in [-0.25, -0.2) is 0 Å². The Morgan fingerprint density at radius 2 is 2.00 bits per heavy atom. The number of hydrogen-bond acceptors (Lipinski definition) is 6. The normalized spacial score (nSPS) is 10.1. The van der Waals surface area contributed by atoms with Gasteiger partial charge in [0.05, 0.1) is 4.92 Å². The number of aromatic nitrogens is 2. The molecule has 1 amide bonds. The first-order valence-corrected chi connectivity index (χ1v) is 5.80. The summed E-state index contributed by atoms with van der Waals surface area (Å²) in [7, 11) is 0. The third-order valence-electron chi connectivity index (χ3n) is 1.93. The van der Waals surface area contributed by atoms with Crippen molar-refractivity contribution in [3.63, 3.8) is 0 Å². The first-order valence-electron chi connectivity index (χ1n) is 4.61. The van der Waals surface area contributed by atoms with Crippen LogP contribution in [0.5, 0.6) is 0 Å². The summed E-state index contributed by atoms with van der Waals surface area (Å²) in [5.41, 5.74) is 0.379. The van der Waals surface area contributed by atoms with E-state index in [1.54, 1.807) is 0 Å². The molecule has 92 valence electrons. The van der Waals surface area contributed by atoms with Crippen LogP contribution in [0.3, 0.4) is 0 Å². The Labute approximate surface area is 110 Å². The van der Waals surface area contributed by atoms with Gasteiger partial charge in [-0.15, -0.1) is 10.2 Å². The van der Waals surface area contributed by atoms with E-state index >= 15 is 0 Å². The van der Waals surface area contributed by atoms with Crippen LogP contribution >= 0.6 is 22.9 Å². The van der Waals surface area contributed by atoms with Crippen LogP contribution in [-0.2, 0) is 0 Å². The fraction of sp³-hybridized carbons (Fsp3) is 0. The largest absolute Gasteiger partial charge is 0.320 e. The summed E-state index contributed by atoms with van der Waals surface area (Å²) < 4.78 is 0.170. The van der Waals surface area contributed by atoms with Gasteiger partial charge in [0.15, 0.2) is 0 Å². The first-order chi connectivity index (χ1) is 8.56. The molecule has 0 atom stereocenters. The molecule has 2 rings (SSSR count). The highest BCUT2D eigenvalue weighted by molar-refractivity contribution is 7.17. The second-order valence-corrected chi connectivity index (χ2v) is 4.68. The van der Waals surface area contributed by atoms with E-state index < -0.39 is 10.8 Å². The van der Waals surface area contributed by atoms with Crippen LogP contribution in [-0.4, -0.2) is 21.0 Å². The summed E-state index contributed by atoms with van der Waals surface area (Å²) >= 11 is 6.50. The number of benzene rings is 1. The molecule has 0 aliphatic heterocycles. The van der Waals surface area contributed by atoms with Crippen LogP contribution in [0.4, 0.5) is 11.4 Å². The molecule has 1 aromatic heterocycles. The van der Waals surface area contributed by atoms with Crippen molar-refractivity contribution in [3.05, 3.63) is 43.9 Å². The van der Waals surface area contributed by atoms with Gasteiger partial charge in [0, 0.05) is 17.8 Å². The minimum Gasteiger partial charge on any atom is -0.320 e. The van der Waals surface area contributed by atoms with Crippen molar-refractivity contribution >= 4 is 40.2 Å². The van der Waals surface area contributed by atoms with E-state index in [0.717, 1.165) is 11.3 Å².